The molecule has 0 atom stereocenters. The molecule has 0 aromatic heterocycles. The number of nitrogens with zero attached hydrogens (tertiary/aromatic N) is 4. The summed E-state index contributed by atoms with van der Waals surface area (Å²) in [5.74, 6) is 3.74. The molecule has 0 amide bonds. The minimum absolute atomic E-state index is 0.805. The van der Waals surface area contributed by atoms with E-state index in [4.69, 9.17) is 0 Å². The van der Waals surface area contributed by atoms with Gasteiger partial charge in [0.2, 0.25) is 0 Å². The van der Waals surface area contributed by atoms with Gasteiger partial charge in [0.25, 0.3) is 0 Å². The molecular formula is C18H22N8. The van der Waals surface area contributed by atoms with Gasteiger partial charge in [-0.05, 0) is 12.1 Å². The molecule has 0 aliphatic carbocycles. The van der Waals surface area contributed by atoms with E-state index in [9.17, 15) is 0 Å². The Morgan fingerprint density at radius 3 is 0.923 bits per heavy atom. The molecule has 1 aromatic rings. The summed E-state index contributed by atoms with van der Waals surface area (Å²) in [5, 5.41) is 13.6. The maximum atomic E-state index is 4.65. The van der Waals surface area contributed by atoms with Crippen molar-refractivity contribution < 1.29 is 0 Å². The molecule has 0 unspecified atom stereocenters. The normalized spacial score (nSPS) is 21.2. The number of hydrogen-bond donors (Lipinski definition) is 4. The van der Waals surface area contributed by atoms with Crippen molar-refractivity contribution in [3.05, 3.63) is 34.4 Å². The van der Waals surface area contributed by atoms with Crippen LogP contribution >= 0.6 is 0 Å². The Labute approximate surface area is 152 Å². The monoisotopic (exact) mass is 350 g/mol. The zero-order chi connectivity index (χ0) is 17.3. The highest BCUT2D eigenvalue weighted by Gasteiger charge is 2.25. The van der Waals surface area contributed by atoms with E-state index < -0.39 is 0 Å². The van der Waals surface area contributed by atoms with Crippen LogP contribution in [-0.2, 0) is 0 Å². The first kappa shape index (κ1) is 15.4. The smallest absolute Gasteiger partial charge is 0.129 e. The van der Waals surface area contributed by atoms with Gasteiger partial charge in [-0.3, -0.25) is 20.0 Å². The van der Waals surface area contributed by atoms with Crippen molar-refractivity contribution in [1.82, 2.24) is 21.3 Å². The third-order valence-electron chi connectivity index (χ3n) is 4.87. The fourth-order valence-corrected chi connectivity index (χ4v) is 3.70. The summed E-state index contributed by atoms with van der Waals surface area (Å²) in [5.41, 5.74) is 4.29. The zero-order valence-electron chi connectivity index (χ0n) is 14.6. The van der Waals surface area contributed by atoms with Crippen LogP contribution in [0.3, 0.4) is 0 Å². The van der Waals surface area contributed by atoms with E-state index in [1.807, 2.05) is 0 Å². The number of aliphatic imine (C=N–C) groups is 4. The maximum absolute atomic E-state index is 4.65. The minimum Gasteiger partial charge on any atom is -0.368 e. The van der Waals surface area contributed by atoms with Crippen LogP contribution in [0.15, 0.2) is 32.1 Å². The lowest BCUT2D eigenvalue weighted by Crippen LogP contribution is -2.31. The zero-order valence-corrected chi connectivity index (χ0v) is 14.6. The minimum atomic E-state index is 0.805. The molecule has 0 saturated heterocycles. The van der Waals surface area contributed by atoms with Crippen LogP contribution in [0.2, 0.25) is 0 Å². The second kappa shape index (κ2) is 6.44. The lowest BCUT2D eigenvalue weighted by molar-refractivity contribution is 0.956. The van der Waals surface area contributed by atoms with Gasteiger partial charge in [-0.25, -0.2) is 0 Å². The predicted octanol–water partition coefficient (Wildman–Crippen LogP) is -0.914. The molecule has 4 aliphatic heterocycles. The van der Waals surface area contributed by atoms with Gasteiger partial charge < -0.3 is 21.3 Å². The Bertz CT molecular complexity index is 726. The molecule has 5 rings (SSSR count). The van der Waals surface area contributed by atoms with Gasteiger partial charge in [0.1, 0.15) is 23.3 Å². The van der Waals surface area contributed by atoms with Crippen LogP contribution in [0.1, 0.15) is 22.3 Å². The molecule has 0 radical (unpaired) electrons. The van der Waals surface area contributed by atoms with Crippen LogP contribution in [-0.4, -0.2) is 75.7 Å². The summed E-state index contributed by atoms with van der Waals surface area (Å²) < 4.78 is 0. The molecule has 0 spiro atoms. The molecule has 0 fully saturated rings. The van der Waals surface area contributed by atoms with Crippen molar-refractivity contribution in [2.45, 2.75) is 0 Å². The summed E-state index contributed by atoms with van der Waals surface area (Å²) in [4.78, 5) is 18.6. The largest absolute Gasteiger partial charge is 0.368 e. The van der Waals surface area contributed by atoms with Gasteiger partial charge in [-0.1, -0.05) is 0 Å². The van der Waals surface area contributed by atoms with Crippen LogP contribution in [0.5, 0.6) is 0 Å². The summed E-state index contributed by atoms with van der Waals surface area (Å²) >= 11 is 0. The lowest BCUT2D eigenvalue weighted by atomic mass is 9.95. The molecule has 8 nitrogen and oxygen atoms in total. The first-order valence-electron chi connectivity index (χ1n) is 9.23. The highest BCUT2D eigenvalue weighted by molar-refractivity contribution is 6.18. The first-order valence-corrected chi connectivity index (χ1v) is 9.23. The van der Waals surface area contributed by atoms with Crippen LogP contribution in [0.25, 0.3) is 0 Å². The van der Waals surface area contributed by atoms with Crippen molar-refractivity contribution in [3.8, 4) is 0 Å². The van der Waals surface area contributed by atoms with E-state index in [-0.39, 0.29) is 0 Å². The fourth-order valence-electron chi connectivity index (χ4n) is 3.70. The number of benzene rings is 1. The standard InChI is InChI=1S/C18H22N8/c1-2-20-15(19-1)11-9-13(17-23-5-6-24-17)14(18-25-7-8-26-18)10-12(11)16-21-3-4-22-16/h9-10H,1-8H2,(H,19,20)(H,21,22)(H,23,24)(H,25,26). The highest BCUT2D eigenvalue weighted by Crippen LogP contribution is 2.22. The predicted molar refractivity (Wildman–Crippen MR) is 104 cm³/mol. The molecule has 0 bridgehead atoms. The van der Waals surface area contributed by atoms with Gasteiger partial charge in [0, 0.05) is 48.4 Å². The number of amidine groups is 4. The summed E-state index contributed by atoms with van der Waals surface area (Å²) in [6, 6.07) is 4.37. The van der Waals surface area contributed by atoms with Gasteiger partial charge >= 0.3 is 0 Å². The number of rotatable bonds is 4. The molecule has 0 saturated carbocycles. The molecule has 26 heavy (non-hydrogen) atoms. The molecule has 134 valence electrons. The molecule has 8 heteroatoms. The quantitative estimate of drug-likeness (QED) is 0.565. The molecule has 4 aliphatic rings. The van der Waals surface area contributed by atoms with Crippen molar-refractivity contribution in [2.75, 3.05) is 52.4 Å². The van der Waals surface area contributed by atoms with E-state index in [1.54, 1.807) is 0 Å². The van der Waals surface area contributed by atoms with Crippen molar-refractivity contribution in [1.29, 1.82) is 0 Å². The highest BCUT2D eigenvalue weighted by atomic mass is 15.1. The second-order valence-electron chi connectivity index (χ2n) is 6.57. The van der Waals surface area contributed by atoms with E-state index in [0.717, 1.165) is 98.0 Å². The van der Waals surface area contributed by atoms with Gasteiger partial charge in [0.15, 0.2) is 0 Å². The third-order valence-corrected chi connectivity index (χ3v) is 4.87. The Balaban J connectivity index is 1.71. The van der Waals surface area contributed by atoms with E-state index >= 15 is 0 Å². The maximum Gasteiger partial charge on any atom is 0.129 e. The van der Waals surface area contributed by atoms with E-state index in [1.165, 1.54) is 0 Å². The van der Waals surface area contributed by atoms with Gasteiger partial charge in [0.05, 0.1) is 26.2 Å². The Hall–Kier alpha value is -2.90. The Morgan fingerprint density at radius 1 is 0.462 bits per heavy atom. The second-order valence-corrected chi connectivity index (χ2v) is 6.57. The number of hydrogen-bond acceptors (Lipinski definition) is 8. The van der Waals surface area contributed by atoms with Crippen LogP contribution in [0.4, 0.5) is 0 Å². The molecule has 1 aromatic carbocycles. The van der Waals surface area contributed by atoms with Crippen LogP contribution in [0, 0.1) is 0 Å². The van der Waals surface area contributed by atoms with Gasteiger partial charge in [-0.15, -0.1) is 0 Å². The summed E-state index contributed by atoms with van der Waals surface area (Å²) in [6.45, 7) is 6.72. The average Bonchev–Trinajstić information content (AvgIpc) is 3.49. The van der Waals surface area contributed by atoms with Crippen molar-refractivity contribution >= 4 is 23.3 Å². The Morgan fingerprint density at radius 2 is 0.731 bits per heavy atom. The van der Waals surface area contributed by atoms with E-state index in [0.29, 0.717) is 0 Å². The van der Waals surface area contributed by atoms with Crippen LogP contribution < -0.4 is 21.3 Å². The van der Waals surface area contributed by atoms with Crippen molar-refractivity contribution in [2.24, 2.45) is 20.0 Å². The molecule has 4 N–H and O–H groups in total. The SMILES string of the molecule is c1c(C2=NCCN2)c(C2=NCCN2)cc(C2=NCCN2)c1C1=NCCN1. The van der Waals surface area contributed by atoms with E-state index in [2.05, 4.69) is 53.4 Å². The van der Waals surface area contributed by atoms with Gasteiger partial charge in [-0.2, -0.15) is 0 Å². The Kier molecular flexibility index (Phi) is 3.80. The average molecular weight is 350 g/mol. The lowest BCUT2D eigenvalue weighted by Gasteiger charge is -2.18. The van der Waals surface area contributed by atoms with Crippen molar-refractivity contribution in [3.63, 3.8) is 0 Å². The first-order chi connectivity index (χ1) is 12.9. The summed E-state index contributed by atoms with van der Waals surface area (Å²) in [6.07, 6.45) is 0. The third kappa shape index (κ3) is 2.61. The molecular weight excluding hydrogens is 328 g/mol. The topological polar surface area (TPSA) is 97.6 Å². The summed E-state index contributed by atoms with van der Waals surface area (Å²) in [7, 11) is 0. The fraction of sp³-hybridized carbons (Fsp3) is 0.444. The molecule has 4 heterocycles. The number of nitrogens with one attached hydrogen (secondary N) is 4.